The third-order valence-corrected chi connectivity index (χ3v) is 9.33. The molecule has 0 atom stereocenters. The first-order valence-corrected chi connectivity index (χ1v) is 16.8. The lowest BCUT2D eigenvalue weighted by Crippen LogP contribution is -2.00. The molecule has 0 aliphatic carbocycles. The molecule has 0 aliphatic heterocycles. The van der Waals surface area contributed by atoms with Gasteiger partial charge in [-0.2, -0.15) is 0 Å². The van der Waals surface area contributed by atoms with Gasteiger partial charge in [-0.25, -0.2) is 24.9 Å². The average molecular weight is 668 g/mol. The smallest absolute Gasteiger partial charge is 0.164 e. The highest BCUT2D eigenvalue weighted by Crippen LogP contribution is 2.32. The van der Waals surface area contributed by atoms with Crippen LogP contribution in [0.4, 0.5) is 0 Å². The van der Waals surface area contributed by atoms with Crippen LogP contribution in [0, 0.1) is 0 Å². The SMILES string of the molecule is c1ccc2cc3cc(-c4nc(-c5ccc(-c6ccc7ncnnc7c6)cc5)nc(-c5ccc(-c6ccc7ncnnc7c6)cc5)n4)ccc3cc2c1. The van der Waals surface area contributed by atoms with Crippen LogP contribution in [0.15, 0.2) is 152 Å². The number of nitrogens with zero attached hydrogens (tertiary/aromatic N) is 9. The van der Waals surface area contributed by atoms with Crippen molar-refractivity contribution in [1.29, 1.82) is 0 Å². The zero-order valence-corrected chi connectivity index (χ0v) is 27.5. The Hall–Kier alpha value is -7.39. The number of benzene rings is 7. The van der Waals surface area contributed by atoms with Crippen LogP contribution in [0.5, 0.6) is 0 Å². The van der Waals surface area contributed by atoms with Crippen molar-refractivity contribution in [1.82, 2.24) is 45.3 Å². The second-order valence-corrected chi connectivity index (χ2v) is 12.5. The van der Waals surface area contributed by atoms with Crippen molar-refractivity contribution in [3.63, 3.8) is 0 Å². The predicted molar refractivity (Wildman–Crippen MR) is 204 cm³/mol. The largest absolute Gasteiger partial charge is 0.233 e. The fourth-order valence-electron chi connectivity index (χ4n) is 6.60. The van der Waals surface area contributed by atoms with E-state index in [-0.39, 0.29) is 0 Å². The maximum Gasteiger partial charge on any atom is 0.164 e. The van der Waals surface area contributed by atoms with Crippen LogP contribution in [-0.4, -0.2) is 45.3 Å². The number of hydrogen-bond acceptors (Lipinski definition) is 9. The van der Waals surface area contributed by atoms with Crippen LogP contribution in [-0.2, 0) is 0 Å². The minimum atomic E-state index is 0.586. The van der Waals surface area contributed by atoms with Crippen molar-refractivity contribution >= 4 is 43.6 Å². The summed E-state index contributed by atoms with van der Waals surface area (Å²) < 4.78 is 0. The quantitative estimate of drug-likeness (QED) is 0.166. The Morgan fingerprint density at radius 2 is 0.712 bits per heavy atom. The first-order valence-electron chi connectivity index (χ1n) is 16.8. The minimum absolute atomic E-state index is 0.586. The molecule has 0 saturated carbocycles. The summed E-state index contributed by atoms with van der Waals surface area (Å²) in [5, 5.41) is 21.0. The maximum absolute atomic E-state index is 5.04. The molecule has 0 saturated heterocycles. The van der Waals surface area contributed by atoms with Crippen LogP contribution in [0.25, 0.3) is 100 Å². The predicted octanol–water partition coefficient (Wildman–Crippen LogP) is 9.19. The van der Waals surface area contributed by atoms with E-state index in [0.717, 1.165) is 71.8 Å². The number of rotatable bonds is 5. The highest BCUT2D eigenvalue weighted by Gasteiger charge is 2.14. The van der Waals surface area contributed by atoms with E-state index in [0.29, 0.717) is 17.5 Å². The van der Waals surface area contributed by atoms with E-state index in [1.165, 1.54) is 23.4 Å². The normalized spacial score (nSPS) is 11.5. The van der Waals surface area contributed by atoms with E-state index >= 15 is 0 Å². The fourth-order valence-corrected chi connectivity index (χ4v) is 6.60. The molecule has 242 valence electrons. The summed E-state index contributed by atoms with van der Waals surface area (Å²) >= 11 is 0. The van der Waals surface area contributed by atoms with E-state index in [2.05, 4.69) is 109 Å². The Morgan fingerprint density at radius 3 is 1.25 bits per heavy atom. The molecule has 0 N–H and O–H groups in total. The summed E-state index contributed by atoms with van der Waals surface area (Å²) in [6.07, 6.45) is 2.92. The van der Waals surface area contributed by atoms with Crippen molar-refractivity contribution < 1.29 is 0 Å². The van der Waals surface area contributed by atoms with Gasteiger partial charge in [-0.05, 0) is 86.3 Å². The van der Waals surface area contributed by atoms with Gasteiger partial charge in [0.15, 0.2) is 17.5 Å². The zero-order valence-electron chi connectivity index (χ0n) is 27.5. The number of aromatic nitrogens is 9. The lowest BCUT2D eigenvalue weighted by Gasteiger charge is -2.11. The van der Waals surface area contributed by atoms with Crippen LogP contribution in [0.3, 0.4) is 0 Å². The minimum Gasteiger partial charge on any atom is -0.233 e. The van der Waals surface area contributed by atoms with Crippen LogP contribution in [0.1, 0.15) is 0 Å². The highest BCUT2D eigenvalue weighted by atomic mass is 15.1. The summed E-state index contributed by atoms with van der Waals surface area (Å²) in [4.78, 5) is 23.7. The second kappa shape index (κ2) is 12.2. The number of hydrogen-bond donors (Lipinski definition) is 0. The Balaban J connectivity index is 1.06. The molecule has 0 radical (unpaired) electrons. The molecule has 0 fully saturated rings. The molecule has 9 heteroatoms. The molecule has 0 bridgehead atoms. The van der Waals surface area contributed by atoms with Crippen LogP contribution < -0.4 is 0 Å². The monoisotopic (exact) mass is 667 g/mol. The third-order valence-electron chi connectivity index (χ3n) is 9.33. The topological polar surface area (TPSA) is 116 Å². The molecule has 3 aromatic heterocycles. The Morgan fingerprint density at radius 1 is 0.288 bits per heavy atom. The Labute approximate surface area is 296 Å². The summed E-state index contributed by atoms with van der Waals surface area (Å²) in [6, 6.07) is 47.7. The van der Waals surface area contributed by atoms with Gasteiger partial charge in [-0.1, -0.05) is 97.1 Å². The molecule has 3 heterocycles. The second-order valence-electron chi connectivity index (χ2n) is 12.5. The third kappa shape index (κ3) is 5.43. The molecule has 10 rings (SSSR count). The van der Waals surface area contributed by atoms with E-state index < -0.39 is 0 Å². The van der Waals surface area contributed by atoms with Crippen molar-refractivity contribution in [3.05, 3.63) is 152 Å². The van der Waals surface area contributed by atoms with Crippen molar-refractivity contribution in [2.24, 2.45) is 0 Å². The van der Waals surface area contributed by atoms with Gasteiger partial charge in [-0.15, -0.1) is 20.4 Å². The van der Waals surface area contributed by atoms with Gasteiger partial charge in [-0.3, -0.25) is 0 Å². The molecule has 0 aliphatic rings. The van der Waals surface area contributed by atoms with Crippen molar-refractivity contribution in [2.75, 3.05) is 0 Å². The molecule has 0 unspecified atom stereocenters. The van der Waals surface area contributed by atoms with Crippen molar-refractivity contribution in [3.8, 4) is 56.4 Å². The Bertz CT molecular complexity index is 2820. The molecule has 7 aromatic carbocycles. The van der Waals surface area contributed by atoms with E-state index in [4.69, 9.17) is 15.0 Å². The lowest BCUT2D eigenvalue weighted by atomic mass is 10.0. The van der Waals surface area contributed by atoms with Crippen LogP contribution >= 0.6 is 0 Å². The standard InChI is InChI=1S/C43H25N9/c1-2-4-31-20-36-21-35(14-13-32(36)19-30(31)3-1)43-49-41(28-9-5-26(6-10-28)33-15-17-37-39(22-33)51-46-24-44-37)48-42(50-43)29-11-7-27(8-12-29)34-16-18-38-40(23-34)52-47-25-45-38/h1-25H. The molecule has 0 amide bonds. The molecular weight excluding hydrogens is 643 g/mol. The molecular formula is C43H25N9. The first-order chi connectivity index (χ1) is 25.7. The van der Waals surface area contributed by atoms with Gasteiger partial charge >= 0.3 is 0 Å². The summed E-state index contributed by atoms with van der Waals surface area (Å²) in [5.41, 5.74) is 9.91. The van der Waals surface area contributed by atoms with Crippen molar-refractivity contribution in [2.45, 2.75) is 0 Å². The van der Waals surface area contributed by atoms with Gasteiger partial charge < -0.3 is 0 Å². The number of fused-ring (bicyclic) bond motifs is 4. The fraction of sp³-hybridized carbons (Fsp3) is 0. The van der Waals surface area contributed by atoms with Gasteiger partial charge in [0.25, 0.3) is 0 Å². The Kier molecular flexibility index (Phi) is 6.92. The molecule has 9 nitrogen and oxygen atoms in total. The van der Waals surface area contributed by atoms with E-state index in [1.54, 1.807) is 0 Å². The van der Waals surface area contributed by atoms with Gasteiger partial charge in [0.1, 0.15) is 23.7 Å². The zero-order chi connectivity index (χ0) is 34.4. The average Bonchev–Trinajstić information content (AvgIpc) is 3.22. The van der Waals surface area contributed by atoms with E-state index in [9.17, 15) is 0 Å². The van der Waals surface area contributed by atoms with Gasteiger partial charge in [0, 0.05) is 16.7 Å². The lowest BCUT2D eigenvalue weighted by molar-refractivity contribution is 1.02. The first kappa shape index (κ1) is 29.5. The summed E-state index contributed by atoms with van der Waals surface area (Å²) in [5.74, 6) is 1.77. The van der Waals surface area contributed by atoms with Gasteiger partial charge in [0.05, 0.1) is 11.0 Å². The van der Waals surface area contributed by atoms with E-state index in [1.807, 2.05) is 60.7 Å². The highest BCUT2D eigenvalue weighted by molar-refractivity contribution is 5.99. The molecule has 52 heavy (non-hydrogen) atoms. The van der Waals surface area contributed by atoms with Crippen LogP contribution in [0.2, 0.25) is 0 Å². The summed E-state index contributed by atoms with van der Waals surface area (Å²) in [7, 11) is 0. The summed E-state index contributed by atoms with van der Waals surface area (Å²) in [6.45, 7) is 0. The van der Waals surface area contributed by atoms with Gasteiger partial charge in [0.2, 0.25) is 0 Å². The molecule has 10 aromatic rings. The maximum atomic E-state index is 5.04. The molecule has 0 spiro atoms.